The normalized spacial score (nSPS) is 11.7. The third-order valence-corrected chi connectivity index (χ3v) is 5.23. The summed E-state index contributed by atoms with van der Waals surface area (Å²) in [6, 6.07) is 9.68. The van der Waals surface area contributed by atoms with Crippen LogP contribution in [0.2, 0.25) is 0 Å². The van der Waals surface area contributed by atoms with Crippen LogP contribution in [0.3, 0.4) is 0 Å². The van der Waals surface area contributed by atoms with Crippen LogP contribution in [-0.2, 0) is 0 Å². The molecular weight excluding hydrogens is 374 g/mol. The van der Waals surface area contributed by atoms with Gasteiger partial charge in [-0.2, -0.15) is 5.26 Å². The number of rotatable bonds is 2. The van der Waals surface area contributed by atoms with Gasteiger partial charge in [-0.15, -0.1) is 11.3 Å². The molecule has 23 heavy (non-hydrogen) atoms. The number of nitrogens with zero attached hydrogens (tertiary/aromatic N) is 2. The molecule has 1 N–H and O–H groups in total. The monoisotopic (exact) mass is 385 g/mol. The molecule has 0 saturated carbocycles. The lowest BCUT2D eigenvalue weighted by Crippen LogP contribution is -2.10. The maximum atomic E-state index is 12.3. The molecule has 0 bridgehead atoms. The zero-order valence-corrected chi connectivity index (χ0v) is 14.9. The van der Waals surface area contributed by atoms with Crippen molar-refractivity contribution in [2.24, 2.45) is 0 Å². The Morgan fingerprint density at radius 2 is 2.04 bits per heavy atom. The van der Waals surface area contributed by atoms with Gasteiger partial charge in [-0.1, -0.05) is 28.1 Å². The number of nitriles is 1. The molecule has 0 atom stereocenters. The molecule has 2 heterocycles. The molecule has 0 saturated heterocycles. The molecule has 4 nitrogen and oxygen atoms in total. The van der Waals surface area contributed by atoms with Gasteiger partial charge in [-0.25, -0.2) is 4.98 Å². The maximum absolute atomic E-state index is 12.3. The Kier molecular flexibility index (Phi) is 4.16. The summed E-state index contributed by atoms with van der Waals surface area (Å²) in [5, 5.41) is 10.0. The summed E-state index contributed by atoms with van der Waals surface area (Å²) < 4.78 is 0.964. The first-order chi connectivity index (χ1) is 11.0. The van der Waals surface area contributed by atoms with Crippen molar-refractivity contribution < 1.29 is 0 Å². The number of H-pyrrole nitrogens is 1. The van der Waals surface area contributed by atoms with E-state index in [1.165, 1.54) is 11.3 Å². The van der Waals surface area contributed by atoms with Gasteiger partial charge < -0.3 is 4.98 Å². The van der Waals surface area contributed by atoms with Gasteiger partial charge in [0.15, 0.2) is 5.82 Å². The lowest BCUT2D eigenvalue weighted by molar-refractivity contribution is 1.13. The van der Waals surface area contributed by atoms with Crippen molar-refractivity contribution in [3.63, 3.8) is 0 Å². The number of benzene rings is 1. The van der Waals surface area contributed by atoms with E-state index < -0.39 is 0 Å². The number of aryl methyl sites for hydroxylation is 2. The largest absolute Gasteiger partial charge is 0.305 e. The Balaban J connectivity index is 2.16. The number of aromatic nitrogens is 2. The fourth-order valence-electron chi connectivity index (χ4n) is 2.26. The topological polar surface area (TPSA) is 69.5 Å². The van der Waals surface area contributed by atoms with Crippen LogP contribution in [0.15, 0.2) is 33.5 Å². The minimum absolute atomic E-state index is 0.205. The first-order valence-corrected chi connectivity index (χ1v) is 8.48. The van der Waals surface area contributed by atoms with Crippen molar-refractivity contribution >= 4 is 49.1 Å². The van der Waals surface area contributed by atoms with E-state index in [1.54, 1.807) is 6.08 Å². The van der Waals surface area contributed by atoms with Crippen LogP contribution >= 0.6 is 27.3 Å². The molecule has 6 heteroatoms. The van der Waals surface area contributed by atoms with Crippen molar-refractivity contribution in [2.45, 2.75) is 13.8 Å². The molecule has 0 radical (unpaired) electrons. The zero-order chi connectivity index (χ0) is 16.6. The average Bonchev–Trinajstić information content (AvgIpc) is 2.81. The van der Waals surface area contributed by atoms with Crippen LogP contribution in [0.1, 0.15) is 21.8 Å². The molecule has 0 spiro atoms. The molecule has 0 unspecified atom stereocenters. The Hall–Kier alpha value is -2.23. The Morgan fingerprint density at radius 1 is 1.35 bits per heavy atom. The van der Waals surface area contributed by atoms with Gasteiger partial charge in [-0.05, 0) is 43.2 Å². The highest BCUT2D eigenvalue weighted by molar-refractivity contribution is 9.10. The lowest BCUT2D eigenvalue weighted by atomic mass is 10.1. The highest BCUT2D eigenvalue weighted by atomic mass is 79.9. The van der Waals surface area contributed by atoms with Crippen LogP contribution < -0.4 is 5.56 Å². The van der Waals surface area contributed by atoms with Crippen LogP contribution in [0.25, 0.3) is 21.9 Å². The van der Waals surface area contributed by atoms with E-state index in [2.05, 4.69) is 32.0 Å². The van der Waals surface area contributed by atoms with Gasteiger partial charge >= 0.3 is 0 Å². The number of nitrogens with one attached hydrogen (secondary N) is 1. The van der Waals surface area contributed by atoms with Gasteiger partial charge in [-0.3, -0.25) is 4.79 Å². The van der Waals surface area contributed by atoms with Gasteiger partial charge in [0.05, 0.1) is 11.0 Å². The van der Waals surface area contributed by atoms with Crippen molar-refractivity contribution in [2.75, 3.05) is 0 Å². The second-order valence-electron chi connectivity index (χ2n) is 5.10. The van der Waals surface area contributed by atoms with Crippen LogP contribution in [0, 0.1) is 25.2 Å². The van der Waals surface area contributed by atoms with Crippen molar-refractivity contribution in [3.8, 4) is 6.07 Å². The fraction of sp³-hybridized carbons (Fsp3) is 0.118. The summed E-state index contributed by atoms with van der Waals surface area (Å²) in [7, 11) is 0. The lowest BCUT2D eigenvalue weighted by Gasteiger charge is -2.00. The van der Waals surface area contributed by atoms with E-state index in [4.69, 9.17) is 0 Å². The summed E-state index contributed by atoms with van der Waals surface area (Å²) in [5.41, 5.74) is 1.94. The van der Waals surface area contributed by atoms with E-state index in [0.717, 1.165) is 20.5 Å². The SMILES string of the molecule is Cc1sc2nc(/C(C#N)=C/c3ccc(Br)cc3)[nH]c(=O)c2c1C. The Bertz CT molecular complexity index is 1020. The summed E-state index contributed by atoms with van der Waals surface area (Å²) in [6.07, 6.45) is 1.71. The van der Waals surface area contributed by atoms with E-state index in [1.807, 2.05) is 38.1 Å². The number of hydrogen-bond acceptors (Lipinski definition) is 4. The summed E-state index contributed by atoms with van der Waals surface area (Å²) >= 11 is 4.84. The average molecular weight is 386 g/mol. The molecular formula is C17H12BrN3OS. The van der Waals surface area contributed by atoms with Crippen molar-refractivity contribution in [3.05, 3.63) is 60.9 Å². The summed E-state index contributed by atoms with van der Waals surface area (Å²) in [6.45, 7) is 3.87. The minimum atomic E-state index is -0.205. The summed E-state index contributed by atoms with van der Waals surface area (Å²) in [5.74, 6) is 0.300. The first kappa shape index (κ1) is 15.7. The van der Waals surface area contributed by atoms with Gasteiger partial charge in [0, 0.05) is 9.35 Å². The maximum Gasteiger partial charge on any atom is 0.260 e. The van der Waals surface area contributed by atoms with Gasteiger partial charge in [0.25, 0.3) is 5.56 Å². The summed E-state index contributed by atoms with van der Waals surface area (Å²) in [4.78, 5) is 21.2. The van der Waals surface area contributed by atoms with E-state index in [9.17, 15) is 10.1 Å². The number of halogens is 1. The van der Waals surface area contributed by atoms with Crippen molar-refractivity contribution in [1.29, 1.82) is 5.26 Å². The smallest absolute Gasteiger partial charge is 0.260 e. The van der Waals surface area contributed by atoms with Gasteiger partial charge in [0.1, 0.15) is 10.9 Å². The van der Waals surface area contributed by atoms with Crippen LogP contribution in [0.4, 0.5) is 0 Å². The van der Waals surface area contributed by atoms with E-state index in [-0.39, 0.29) is 5.56 Å². The fourth-order valence-corrected chi connectivity index (χ4v) is 3.56. The number of hydrogen-bond donors (Lipinski definition) is 1. The zero-order valence-electron chi connectivity index (χ0n) is 12.5. The Morgan fingerprint density at radius 3 is 2.70 bits per heavy atom. The molecule has 3 rings (SSSR count). The van der Waals surface area contributed by atoms with E-state index in [0.29, 0.717) is 21.6 Å². The first-order valence-electron chi connectivity index (χ1n) is 6.87. The molecule has 0 aliphatic carbocycles. The van der Waals surface area contributed by atoms with Gasteiger partial charge in [0.2, 0.25) is 0 Å². The predicted molar refractivity (Wildman–Crippen MR) is 97.3 cm³/mol. The van der Waals surface area contributed by atoms with Crippen LogP contribution in [-0.4, -0.2) is 9.97 Å². The quantitative estimate of drug-likeness (QED) is 0.663. The third-order valence-electron chi connectivity index (χ3n) is 3.60. The number of allylic oxidation sites excluding steroid dienone is 1. The third kappa shape index (κ3) is 2.98. The molecule has 1 aromatic carbocycles. The number of aromatic amines is 1. The predicted octanol–water partition coefficient (Wildman–Crippen LogP) is 4.43. The van der Waals surface area contributed by atoms with Crippen LogP contribution in [0.5, 0.6) is 0 Å². The van der Waals surface area contributed by atoms with E-state index >= 15 is 0 Å². The molecule has 0 aliphatic rings. The standard InChI is InChI=1S/C17H12BrN3OS/c1-9-10(2)23-17-14(9)16(22)20-15(21-17)12(8-19)7-11-3-5-13(18)6-4-11/h3-7H,1-2H3,(H,20,21,22)/b12-7+. The Labute approximate surface area is 145 Å². The minimum Gasteiger partial charge on any atom is -0.305 e. The number of fused-ring (bicyclic) bond motifs is 1. The second-order valence-corrected chi connectivity index (χ2v) is 7.22. The highest BCUT2D eigenvalue weighted by Gasteiger charge is 2.13. The molecule has 114 valence electrons. The molecule has 0 fully saturated rings. The highest BCUT2D eigenvalue weighted by Crippen LogP contribution is 2.27. The van der Waals surface area contributed by atoms with Crippen molar-refractivity contribution in [1.82, 2.24) is 9.97 Å². The molecule has 0 aliphatic heterocycles. The molecule has 2 aromatic heterocycles. The second kappa shape index (κ2) is 6.11. The molecule has 3 aromatic rings. The number of thiophene rings is 1. The molecule has 0 amide bonds.